The Bertz CT molecular complexity index is 398. The maximum atomic E-state index is 10.9. The second-order valence-electron chi connectivity index (χ2n) is 4.59. The molecule has 0 heterocycles. The van der Waals surface area contributed by atoms with E-state index in [0.717, 1.165) is 11.8 Å². The minimum atomic E-state index is -1.30. The van der Waals surface area contributed by atoms with E-state index in [0.29, 0.717) is 12.2 Å². The van der Waals surface area contributed by atoms with Crippen molar-refractivity contribution in [3.05, 3.63) is 42.1 Å². The van der Waals surface area contributed by atoms with Crippen molar-refractivity contribution in [2.45, 2.75) is 19.1 Å². The Kier molecular flexibility index (Phi) is 4.96. The maximum absolute atomic E-state index is 10.9. The minimum absolute atomic E-state index is 0.447. The van der Waals surface area contributed by atoms with E-state index in [4.69, 9.17) is 16.3 Å². The van der Waals surface area contributed by atoms with Crippen LogP contribution in [0.15, 0.2) is 36.5 Å². The largest absolute Gasteiger partial charge is 0.494 e. The molecule has 0 aliphatic heterocycles. The van der Waals surface area contributed by atoms with E-state index in [1.165, 1.54) is 0 Å². The summed E-state index contributed by atoms with van der Waals surface area (Å²) in [5, 5.41) is -0.447. The number of hydrogen-bond donors (Lipinski definition) is 0. The number of halogens is 1. The van der Waals surface area contributed by atoms with E-state index >= 15 is 0 Å². The van der Waals surface area contributed by atoms with Crippen LogP contribution in [-0.4, -0.2) is 19.9 Å². The van der Waals surface area contributed by atoms with E-state index in [-0.39, 0.29) is 0 Å². The monoisotopic (exact) mass is 268 g/mol. The van der Waals surface area contributed by atoms with Crippen molar-refractivity contribution in [1.82, 2.24) is 0 Å². The molecule has 0 aromatic heterocycles. The van der Waals surface area contributed by atoms with Crippen LogP contribution in [0, 0.1) is 0 Å². The van der Waals surface area contributed by atoms with Crippen molar-refractivity contribution < 1.29 is 9.53 Å². The molecule has 0 amide bonds. The normalized spacial score (nSPS) is 11.0. The Morgan fingerprint density at radius 1 is 1.41 bits per heavy atom. The first-order chi connectivity index (χ1) is 7.94. The molecule has 1 aromatic rings. The molecule has 92 valence electrons. The summed E-state index contributed by atoms with van der Waals surface area (Å²) in [6, 6.07) is 7.89. The molecule has 0 fully saturated rings. The molecule has 0 aliphatic rings. The van der Waals surface area contributed by atoms with Crippen LogP contribution in [0.5, 0.6) is 5.75 Å². The molecule has 0 N–H and O–H groups in total. The number of hydrogen-bond acceptors (Lipinski definition) is 2. The fourth-order valence-corrected chi connectivity index (χ4v) is 2.17. The zero-order valence-corrected chi connectivity index (χ0v) is 12.0. The molecular formula is C13H17ClO2Si. The van der Waals surface area contributed by atoms with Crippen molar-refractivity contribution >= 4 is 24.9 Å². The Balaban J connectivity index is 2.48. The summed E-state index contributed by atoms with van der Waals surface area (Å²) < 4.78 is 5.61. The second-order valence-corrected chi connectivity index (χ2v) is 9.82. The van der Waals surface area contributed by atoms with Crippen molar-refractivity contribution in [2.24, 2.45) is 0 Å². The van der Waals surface area contributed by atoms with Crippen molar-refractivity contribution in [2.75, 3.05) is 6.61 Å². The van der Waals surface area contributed by atoms with Crippen LogP contribution in [-0.2, 0) is 0 Å². The summed E-state index contributed by atoms with van der Waals surface area (Å²) in [5.41, 5.74) is 2.55. The highest BCUT2D eigenvalue weighted by Crippen LogP contribution is 2.16. The molecule has 0 aliphatic carbocycles. The van der Waals surface area contributed by atoms with Gasteiger partial charge in [0.05, 0.1) is 14.7 Å². The van der Waals surface area contributed by atoms with Crippen LogP contribution in [0.3, 0.4) is 0 Å². The number of benzene rings is 1. The van der Waals surface area contributed by atoms with Gasteiger partial charge >= 0.3 is 0 Å². The average Bonchev–Trinajstić information content (AvgIpc) is 2.29. The van der Waals surface area contributed by atoms with Crippen LogP contribution in [0.4, 0.5) is 0 Å². The summed E-state index contributed by atoms with van der Waals surface area (Å²) in [5.74, 6) is 0.764. The maximum Gasteiger partial charge on any atom is 0.252 e. The predicted octanol–water partition coefficient (Wildman–Crippen LogP) is 3.88. The van der Waals surface area contributed by atoms with Gasteiger partial charge in [0, 0.05) is 5.56 Å². The van der Waals surface area contributed by atoms with Gasteiger partial charge < -0.3 is 4.74 Å². The standard InChI is InChI=1S/C13H17ClO2Si/c1-4-17(2,3)10-9-16-12-7-5-11(6-8-12)13(14)15/h4-8H,1,9-10H2,2-3H3. The van der Waals surface area contributed by atoms with Crippen molar-refractivity contribution in [1.29, 1.82) is 0 Å². The molecule has 2 nitrogen and oxygen atoms in total. The lowest BCUT2D eigenvalue weighted by molar-refractivity contribution is 0.108. The minimum Gasteiger partial charge on any atom is -0.494 e. The third-order valence-corrected chi connectivity index (χ3v) is 5.47. The number of ether oxygens (including phenoxy) is 1. The third-order valence-electron chi connectivity index (χ3n) is 2.65. The molecule has 0 spiro atoms. The molecule has 0 unspecified atom stereocenters. The van der Waals surface area contributed by atoms with Gasteiger partial charge in [0.2, 0.25) is 0 Å². The van der Waals surface area contributed by atoms with Gasteiger partial charge in [-0.1, -0.05) is 13.1 Å². The lowest BCUT2D eigenvalue weighted by atomic mass is 10.2. The molecule has 0 atom stereocenters. The fourth-order valence-electron chi connectivity index (χ4n) is 1.22. The van der Waals surface area contributed by atoms with E-state index < -0.39 is 13.3 Å². The van der Waals surface area contributed by atoms with Crippen LogP contribution < -0.4 is 4.74 Å². The van der Waals surface area contributed by atoms with Gasteiger partial charge in [-0.15, -0.1) is 12.3 Å². The summed E-state index contributed by atoms with van der Waals surface area (Å²) in [6.45, 7) is 9.02. The lowest BCUT2D eigenvalue weighted by Gasteiger charge is -2.17. The third kappa shape index (κ3) is 4.75. The lowest BCUT2D eigenvalue weighted by Crippen LogP contribution is -2.24. The summed E-state index contributed by atoms with van der Waals surface area (Å²) in [4.78, 5) is 10.9. The smallest absolute Gasteiger partial charge is 0.252 e. The van der Waals surface area contributed by atoms with Gasteiger partial charge in [-0.05, 0) is 41.9 Å². The molecule has 0 saturated carbocycles. The van der Waals surface area contributed by atoms with Crippen LogP contribution in [0.1, 0.15) is 10.4 Å². The fraction of sp³-hybridized carbons (Fsp3) is 0.308. The van der Waals surface area contributed by atoms with Crippen LogP contribution >= 0.6 is 11.6 Å². The topological polar surface area (TPSA) is 26.3 Å². The number of carbonyl (C=O) groups excluding carboxylic acids is 1. The summed E-state index contributed by atoms with van der Waals surface area (Å²) in [6.07, 6.45) is 0. The molecule has 4 heteroatoms. The Morgan fingerprint density at radius 3 is 2.47 bits per heavy atom. The zero-order chi connectivity index (χ0) is 12.9. The highest BCUT2D eigenvalue weighted by atomic mass is 35.5. The predicted molar refractivity (Wildman–Crippen MR) is 74.6 cm³/mol. The van der Waals surface area contributed by atoms with Gasteiger partial charge in [0.25, 0.3) is 5.24 Å². The van der Waals surface area contributed by atoms with Gasteiger partial charge in [0.1, 0.15) is 5.75 Å². The van der Waals surface area contributed by atoms with Crippen molar-refractivity contribution in [3.63, 3.8) is 0 Å². The number of rotatable bonds is 6. The van der Waals surface area contributed by atoms with E-state index in [1.807, 2.05) is 0 Å². The Hall–Kier alpha value is -1.06. The van der Waals surface area contributed by atoms with Gasteiger partial charge in [-0.2, -0.15) is 0 Å². The molecule has 1 aromatic carbocycles. The average molecular weight is 269 g/mol. The molecule has 0 saturated heterocycles. The molecule has 0 bridgehead atoms. The van der Waals surface area contributed by atoms with Crippen molar-refractivity contribution in [3.8, 4) is 5.75 Å². The highest BCUT2D eigenvalue weighted by Gasteiger charge is 2.15. The van der Waals surface area contributed by atoms with E-state index in [2.05, 4.69) is 25.4 Å². The second kappa shape index (κ2) is 6.03. The Morgan fingerprint density at radius 2 is 2.00 bits per heavy atom. The zero-order valence-electron chi connectivity index (χ0n) is 10.2. The van der Waals surface area contributed by atoms with Gasteiger partial charge in [0.15, 0.2) is 0 Å². The molecule has 0 radical (unpaired) electrons. The van der Waals surface area contributed by atoms with Gasteiger partial charge in [-0.3, -0.25) is 4.79 Å². The molecule has 17 heavy (non-hydrogen) atoms. The Labute approximate surface area is 108 Å². The molecular weight excluding hydrogens is 252 g/mol. The molecule has 1 rings (SSSR count). The first-order valence-corrected chi connectivity index (χ1v) is 9.17. The van der Waals surface area contributed by atoms with E-state index in [1.54, 1.807) is 24.3 Å². The first-order valence-electron chi connectivity index (χ1n) is 5.51. The number of carbonyl (C=O) groups is 1. The quantitative estimate of drug-likeness (QED) is 0.578. The van der Waals surface area contributed by atoms with Crippen LogP contribution in [0.25, 0.3) is 0 Å². The highest BCUT2D eigenvalue weighted by molar-refractivity contribution is 6.82. The van der Waals surface area contributed by atoms with E-state index in [9.17, 15) is 4.79 Å². The summed E-state index contributed by atoms with van der Waals surface area (Å²) >= 11 is 5.35. The summed E-state index contributed by atoms with van der Waals surface area (Å²) in [7, 11) is -1.30. The SMILES string of the molecule is C=C[Si](C)(C)CCOc1ccc(C(=O)Cl)cc1. The van der Waals surface area contributed by atoms with Gasteiger partial charge in [-0.25, -0.2) is 0 Å². The first kappa shape index (κ1) is 14.0. The van der Waals surface area contributed by atoms with Crippen LogP contribution in [0.2, 0.25) is 19.1 Å².